The number of thioether (sulfide) groups is 1. The van der Waals surface area contributed by atoms with E-state index >= 15 is 0 Å². The average molecular weight is 414 g/mol. The van der Waals surface area contributed by atoms with E-state index in [1.807, 2.05) is 56.7 Å². The Morgan fingerprint density at radius 3 is 2.48 bits per heavy atom. The van der Waals surface area contributed by atoms with Gasteiger partial charge in [0.1, 0.15) is 5.76 Å². The topological polar surface area (TPSA) is 102 Å². The van der Waals surface area contributed by atoms with Gasteiger partial charge in [0.05, 0.1) is 24.1 Å². The second-order valence-corrected chi connectivity index (χ2v) is 7.58. The van der Waals surface area contributed by atoms with Crippen LogP contribution in [-0.2, 0) is 16.6 Å². The first-order valence-corrected chi connectivity index (χ1v) is 10.0. The summed E-state index contributed by atoms with van der Waals surface area (Å²) in [5, 5.41) is 14.4. The SMILES string of the molecule is Cc1cccc(C)c1NC(=O)CNC(=O)CSc1nnc(-c2ccoc2C)n1C. The Morgan fingerprint density at radius 1 is 1.10 bits per heavy atom. The van der Waals surface area contributed by atoms with E-state index in [-0.39, 0.29) is 24.1 Å². The number of furan rings is 1. The number of para-hydroxylation sites is 1. The van der Waals surface area contributed by atoms with Crippen molar-refractivity contribution in [2.45, 2.75) is 25.9 Å². The highest BCUT2D eigenvalue weighted by Gasteiger charge is 2.16. The van der Waals surface area contributed by atoms with Crippen LogP contribution in [0, 0.1) is 20.8 Å². The Balaban J connectivity index is 1.50. The monoisotopic (exact) mass is 413 g/mol. The number of anilines is 1. The van der Waals surface area contributed by atoms with E-state index in [4.69, 9.17) is 4.42 Å². The molecule has 2 amide bonds. The molecule has 3 rings (SSSR count). The normalized spacial score (nSPS) is 10.8. The summed E-state index contributed by atoms with van der Waals surface area (Å²) in [6.45, 7) is 5.62. The lowest BCUT2D eigenvalue weighted by molar-refractivity contribution is -0.122. The number of hydrogen-bond acceptors (Lipinski definition) is 6. The van der Waals surface area contributed by atoms with E-state index in [2.05, 4.69) is 20.8 Å². The largest absolute Gasteiger partial charge is 0.469 e. The molecule has 0 saturated carbocycles. The third-order valence-electron chi connectivity index (χ3n) is 4.46. The number of carbonyl (C=O) groups is 2. The first-order chi connectivity index (χ1) is 13.9. The molecule has 0 atom stereocenters. The Bertz CT molecular complexity index is 1020. The van der Waals surface area contributed by atoms with Crippen molar-refractivity contribution in [1.29, 1.82) is 0 Å². The lowest BCUT2D eigenvalue weighted by Gasteiger charge is -2.11. The number of aryl methyl sites for hydroxylation is 3. The second-order valence-electron chi connectivity index (χ2n) is 6.64. The fourth-order valence-corrected chi connectivity index (χ4v) is 3.59. The fraction of sp³-hybridized carbons (Fsp3) is 0.300. The zero-order chi connectivity index (χ0) is 21.0. The highest BCUT2D eigenvalue weighted by Crippen LogP contribution is 2.25. The molecule has 0 spiro atoms. The smallest absolute Gasteiger partial charge is 0.243 e. The van der Waals surface area contributed by atoms with Crippen molar-refractivity contribution < 1.29 is 14.0 Å². The summed E-state index contributed by atoms with van der Waals surface area (Å²) in [5.74, 6) is 1.04. The molecule has 0 bridgehead atoms. The van der Waals surface area contributed by atoms with Gasteiger partial charge in [-0.15, -0.1) is 10.2 Å². The molecule has 0 aliphatic heterocycles. The molecule has 9 heteroatoms. The fourth-order valence-electron chi connectivity index (χ4n) is 2.85. The minimum absolute atomic E-state index is 0.0918. The maximum absolute atomic E-state index is 12.1. The van der Waals surface area contributed by atoms with Crippen molar-refractivity contribution in [3.05, 3.63) is 47.4 Å². The molecule has 1 aromatic carbocycles. The predicted molar refractivity (Wildman–Crippen MR) is 112 cm³/mol. The molecule has 0 aliphatic rings. The highest BCUT2D eigenvalue weighted by molar-refractivity contribution is 7.99. The van der Waals surface area contributed by atoms with Crippen molar-refractivity contribution in [1.82, 2.24) is 20.1 Å². The van der Waals surface area contributed by atoms with Gasteiger partial charge in [0.15, 0.2) is 11.0 Å². The maximum Gasteiger partial charge on any atom is 0.243 e. The molecule has 0 saturated heterocycles. The van der Waals surface area contributed by atoms with Crippen LogP contribution in [0.25, 0.3) is 11.4 Å². The van der Waals surface area contributed by atoms with Crippen LogP contribution < -0.4 is 10.6 Å². The number of benzene rings is 1. The van der Waals surface area contributed by atoms with E-state index < -0.39 is 0 Å². The van der Waals surface area contributed by atoms with Gasteiger partial charge in [-0.25, -0.2) is 0 Å². The van der Waals surface area contributed by atoms with E-state index in [0.717, 1.165) is 28.1 Å². The van der Waals surface area contributed by atoms with Crippen LogP contribution in [-0.4, -0.2) is 38.9 Å². The van der Waals surface area contributed by atoms with Gasteiger partial charge in [0, 0.05) is 12.7 Å². The van der Waals surface area contributed by atoms with Crippen LogP contribution >= 0.6 is 11.8 Å². The molecule has 0 aliphatic carbocycles. The molecule has 0 radical (unpaired) electrons. The second kappa shape index (κ2) is 8.95. The molecule has 8 nitrogen and oxygen atoms in total. The van der Waals surface area contributed by atoms with Crippen molar-refractivity contribution in [3.63, 3.8) is 0 Å². The minimum Gasteiger partial charge on any atom is -0.469 e. The van der Waals surface area contributed by atoms with Crippen molar-refractivity contribution in [3.8, 4) is 11.4 Å². The van der Waals surface area contributed by atoms with Crippen molar-refractivity contribution in [2.75, 3.05) is 17.6 Å². The van der Waals surface area contributed by atoms with Crippen LogP contribution in [0.5, 0.6) is 0 Å². The quantitative estimate of drug-likeness (QED) is 0.578. The van der Waals surface area contributed by atoms with E-state index in [9.17, 15) is 9.59 Å². The van der Waals surface area contributed by atoms with E-state index in [1.54, 1.807) is 6.26 Å². The Hall–Kier alpha value is -3.07. The summed E-state index contributed by atoms with van der Waals surface area (Å²) >= 11 is 1.25. The van der Waals surface area contributed by atoms with Gasteiger partial charge in [0.2, 0.25) is 11.8 Å². The Kier molecular flexibility index (Phi) is 6.38. The van der Waals surface area contributed by atoms with Crippen LogP contribution in [0.15, 0.2) is 40.1 Å². The van der Waals surface area contributed by atoms with Gasteiger partial charge < -0.3 is 19.6 Å². The molecular weight excluding hydrogens is 390 g/mol. The first kappa shape index (κ1) is 20.7. The molecule has 0 fully saturated rings. The number of carbonyl (C=O) groups excluding carboxylic acids is 2. The van der Waals surface area contributed by atoms with E-state index in [1.165, 1.54) is 11.8 Å². The first-order valence-electron chi connectivity index (χ1n) is 9.06. The zero-order valence-electron chi connectivity index (χ0n) is 16.8. The zero-order valence-corrected chi connectivity index (χ0v) is 17.6. The number of aromatic nitrogens is 3. The maximum atomic E-state index is 12.1. The number of hydrogen-bond donors (Lipinski definition) is 2. The van der Waals surface area contributed by atoms with Crippen LogP contribution in [0.1, 0.15) is 16.9 Å². The molecule has 0 unspecified atom stereocenters. The van der Waals surface area contributed by atoms with Crippen LogP contribution in [0.4, 0.5) is 5.69 Å². The van der Waals surface area contributed by atoms with Crippen molar-refractivity contribution >= 4 is 29.3 Å². The van der Waals surface area contributed by atoms with Gasteiger partial charge in [-0.05, 0) is 38.0 Å². The van der Waals surface area contributed by atoms with Gasteiger partial charge >= 0.3 is 0 Å². The highest BCUT2D eigenvalue weighted by atomic mass is 32.2. The molecular formula is C20H23N5O3S. The van der Waals surface area contributed by atoms with Crippen molar-refractivity contribution in [2.24, 2.45) is 7.05 Å². The van der Waals surface area contributed by atoms with Gasteiger partial charge in [0.25, 0.3) is 0 Å². The van der Waals surface area contributed by atoms with Crippen LogP contribution in [0.3, 0.4) is 0 Å². The summed E-state index contributed by atoms with van der Waals surface area (Å²) in [7, 11) is 1.83. The third kappa shape index (κ3) is 4.86. The lowest BCUT2D eigenvalue weighted by Crippen LogP contribution is -2.34. The summed E-state index contributed by atoms with van der Waals surface area (Å²) < 4.78 is 7.11. The summed E-state index contributed by atoms with van der Waals surface area (Å²) in [5.41, 5.74) is 3.60. The lowest BCUT2D eigenvalue weighted by atomic mass is 10.1. The summed E-state index contributed by atoms with van der Waals surface area (Å²) in [6.07, 6.45) is 1.60. The number of rotatable bonds is 7. The number of amides is 2. The summed E-state index contributed by atoms with van der Waals surface area (Å²) in [6, 6.07) is 7.62. The Morgan fingerprint density at radius 2 is 1.83 bits per heavy atom. The average Bonchev–Trinajstić information content (AvgIpc) is 3.26. The Labute approximate surface area is 173 Å². The number of nitrogens with zero attached hydrogens (tertiary/aromatic N) is 3. The molecule has 29 heavy (non-hydrogen) atoms. The molecule has 152 valence electrons. The number of nitrogens with one attached hydrogen (secondary N) is 2. The third-order valence-corrected chi connectivity index (χ3v) is 5.48. The van der Waals surface area contributed by atoms with Crippen LogP contribution in [0.2, 0.25) is 0 Å². The molecule has 2 heterocycles. The summed E-state index contributed by atoms with van der Waals surface area (Å²) in [4.78, 5) is 24.3. The van der Waals surface area contributed by atoms with Gasteiger partial charge in [-0.3, -0.25) is 9.59 Å². The van der Waals surface area contributed by atoms with E-state index in [0.29, 0.717) is 11.0 Å². The van der Waals surface area contributed by atoms with Gasteiger partial charge in [-0.2, -0.15) is 0 Å². The molecule has 3 aromatic rings. The molecule has 2 N–H and O–H groups in total. The minimum atomic E-state index is -0.267. The standard InChI is InChI=1S/C20H23N5O3S/c1-12-6-5-7-13(2)18(12)22-16(26)10-21-17(27)11-29-20-24-23-19(25(20)4)15-8-9-28-14(15)3/h5-9H,10-11H2,1-4H3,(H,21,27)(H,22,26). The predicted octanol–water partition coefficient (Wildman–Crippen LogP) is 2.85. The molecule has 2 aromatic heterocycles. The van der Waals surface area contributed by atoms with Gasteiger partial charge in [-0.1, -0.05) is 30.0 Å².